The summed E-state index contributed by atoms with van der Waals surface area (Å²) in [4.78, 5) is 4.82. The highest BCUT2D eigenvalue weighted by molar-refractivity contribution is 5.82. The minimum atomic E-state index is 1.05. The maximum absolute atomic E-state index is 4.82. The highest BCUT2D eigenvalue weighted by Crippen LogP contribution is 2.25. The Morgan fingerprint density at radius 3 is 1.84 bits per heavy atom. The molecule has 0 N–H and O–H groups in total. The normalized spacial score (nSPS) is 11.2. The van der Waals surface area contributed by atoms with Gasteiger partial charge in [0.25, 0.3) is 0 Å². The van der Waals surface area contributed by atoms with Gasteiger partial charge in [-0.2, -0.15) is 0 Å². The molecule has 186 valence electrons. The minimum Gasteiger partial charge on any atom is -0.256 e. The van der Waals surface area contributed by atoms with Crippen molar-refractivity contribution in [2.75, 3.05) is 0 Å². The van der Waals surface area contributed by atoms with E-state index in [4.69, 9.17) is 4.98 Å². The number of aryl methyl sites for hydroxylation is 8. The van der Waals surface area contributed by atoms with Gasteiger partial charge in [-0.05, 0) is 98.2 Å². The molecule has 0 saturated heterocycles. The van der Waals surface area contributed by atoms with Crippen LogP contribution in [0.25, 0.3) is 10.9 Å². The van der Waals surface area contributed by atoms with Gasteiger partial charge in [0.05, 0.1) is 5.52 Å². The van der Waals surface area contributed by atoms with Crippen LogP contribution in [0.3, 0.4) is 0 Å². The van der Waals surface area contributed by atoms with Crippen LogP contribution >= 0.6 is 0 Å². The standard InChI is InChI=1S/C36H37N/c1-27-9-5-11-29(25-27)18-20-32-14-4-3-13-31(32)15-7-17-35-33(21-19-30-12-6-10-28(2)26-30)22-23-34-16-8-24-37-36(34)35/h3-6,8-14,16,22-26H,7,15,17-21H2,1-2H3. The molecule has 0 amide bonds. The van der Waals surface area contributed by atoms with Crippen molar-refractivity contribution in [1.82, 2.24) is 4.98 Å². The average molecular weight is 484 g/mol. The molecule has 0 unspecified atom stereocenters. The maximum Gasteiger partial charge on any atom is 0.0736 e. The van der Waals surface area contributed by atoms with Crippen molar-refractivity contribution in [1.29, 1.82) is 0 Å². The largest absolute Gasteiger partial charge is 0.256 e. The molecule has 0 radical (unpaired) electrons. The average Bonchev–Trinajstić information content (AvgIpc) is 2.92. The molecule has 0 spiro atoms. The summed E-state index contributed by atoms with van der Waals surface area (Å²) >= 11 is 0. The second-order valence-corrected chi connectivity index (χ2v) is 10.4. The van der Waals surface area contributed by atoms with Crippen molar-refractivity contribution in [2.24, 2.45) is 0 Å². The number of fused-ring (bicyclic) bond motifs is 1. The fourth-order valence-corrected chi connectivity index (χ4v) is 5.55. The van der Waals surface area contributed by atoms with Crippen molar-refractivity contribution in [3.63, 3.8) is 0 Å². The molecule has 0 aliphatic heterocycles. The Labute approximate surface area is 222 Å². The van der Waals surface area contributed by atoms with E-state index in [1.807, 2.05) is 12.3 Å². The first-order valence-electron chi connectivity index (χ1n) is 13.7. The van der Waals surface area contributed by atoms with E-state index in [1.165, 1.54) is 55.4 Å². The molecule has 0 aliphatic carbocycles. The molecule has 1 heteroatoms. The molecular formula is C36H37N. The van der Waals surface area contributed by atoms with Crippen molar-refractivity contribution >= 4 is 10.9 Å². The second kappa shape index (κ2) is 12.0. The Morgan fingerprint density at radius 1 is 0.514 bits per heavy atom. The highest BCUT2D eigenvalue weighted by Gasteiger charge is 2.11. The number of pyridine rings is 1. The summed E-state index contributed by atoms with van der Waals surface area (Å²) in [6.07, 6.45) is 9.54. The number of hydrogen-bond donors (Lipinski definition) is 0. The number of aromatic nitrogens is 1. The van der Waals surface area contributed by atoms with Crippen LogP contribution < -0.4 is 0 Å². The van der Waals surface area contributed by atoms with E-state index in [0.29, 0.717) is 0 Å². The maximum atomic E-state index is 4.82. The monoisotopic (exact) mass is 483 g/mol. The van der Waals surface area contributed by atoms with Crippen LogP contribution in [-0.4, -0.2) is 4.98 Å². The molecule has 0 aliphatic rings. The third kappa shape index (κ3) is 6.54. The molecule has 0 atom stereocenters. The first kappa shape index (κ1) is 25.0. The fourth-order valence-electron chi connectivity index (χ4n) is 5.55. The lowest BCUT2D eigenvalue weighted by Crippen LogP contribution is -2.02. The van der Waals surface area contributed by atoms with E-state index in [2.05, 4.69) is 105 Å². The Morgan fingerprint density at radius 2 is 1.16 bits per heavy atom. The summed E-state index contributed by atoms with van der Waals surface area (Å²) in [5, 5.41) is 1.25. The predicted octanol–water partition coefficient (Wildman–Crippen LogP) is 8.60. The molecule has 0 bridgehead atoms. The molecule has 0 fully saturated rings. The van der Waals surface area contributed by atoms with Crippen LogP contribution in [0.2, 0.25) is 0 Å². The smallest absolute Gasteiger partial charge is 0.0736 e. The SMILES string of the molecule is Cc1cccc(CCc2ccccc2CCCc2c(CCc3cccc(C)c3)ccc3cccnc23)c1. The van der Waals surface area contributed by atoms with Crippen molar-refractivity contribution in [3.8, 4) is 0 Å². The van der Waals surface area contributed by atoms with E-state index in [0.717, 1.165) is 44.9 Å². The van der Waals surface area contributed by atoms with Crippen LogP contribution in [0.1, 0.15) is 50.9 Å². The van der Waals surface area contributed by atoms with Crippen LogP contribution in [0.4, 0.5) is 0 Å². The number of rotatable bonds is 10. The van der Waals surface area contributed by atoms with Crippen molar-refractivity contribution in [2.45, 2.75) is 58.8 Å². The highest BCUT2D eigenvalue weighted by atomic mass is 14.6. The van der Waals surface area contributed by atoms with E-state index in [-0.39, 0.29) is 0 Å². The van der Waals surface area contributed by atoms with E-state index in [1.54, 1.807) is 0 Å². The van der Waals surface area contributed by atoms with Gasteiger partial charge in [-0.1, -0.05) is 102 Å². The van der Waals surface area contributed by atoms with Crippen LogP contribution in [-0.2, 0) is 38.5 Å². The number of benzene rings is 4. The third-order valence-electron chi connectivity index (χ3n) is 7.50. The number of hydrogen-bond acceptors (Lipinski definition) is 1. The molecule has 37 heavy (non-hydrogen) atoms. The Kier molecular flexibility index (Phi) is 8.11. The van der Waals surface area contributed by atoms with Gasteiger partial charge in [0, 0.05) is 11.6 Å². The van der Waals surface area contributed by atoms with Gasteiger partial charge in [-0.15, -0.1) is 0 Å². The fraction of sp³-hybridized carbons (Fsp3) is 0.250. The Hall–Kier alpha value is -3.71. The Balaban J connectivity index is 1.30. The van der Waals surface area contributed by atoms with E-state index < -0.39 is 0 Å². The first-order chi connectivity index (χ1) is 18.2. The van der Waals surface area contributed by atoms with Gasteiger partial charge in [0.15, 0.2) is 0 Å². The summed E-state index contributed by atoms with van der Waals surface area (Å²) in [5.41, 5.74) is 12.5. The van der Waals surface area contributed by atoms with Crippen molar-refractivity contribution in [3.05, 3.63) is 148 Å². The molecular weight excluding hydrogens is 446 g/mol. The predicted molar refractivity (Wildman–Crippen MR) is 157 cm³/mol. The molecule has 1 aromatic heterocycles. The third-order valence-corrected chi connectivity index (χ3v) is 7.50. The molecule has 5 rings (SSSR count). The summed E-state index contributed by atoms with van der Waals surface area (Å²) < 4.78 is 0. The van der Waals surface area contributed by atoms with Gasteiger partial charge in [0.2, 0.25) is 0 Å². The first-order valence-corrected chi connectivity index (χ1v) is 13.7. The summed E-state index contributed by atoms with van der Waals surface area (Å²) in [5.74, 6) is 0. The lowest BCUT2D eigenvalue weighted by Gasteiger charge is -2.14. The van der Waals surface area contributed by atoms with Gasteiger partial charge in [-0.3, -0.25) is 4.98 Å². The topological polar surface area (TPSA) is 12.9 Å². The molecule has 1 heterocycles. The van der Waals surface area contributed by atoms with Gasteiger partial charge < -0.3 is 0 Å². The molecule has 5 aromatic rings. The van der Waals surface area contributed by atoms with Crippen LogP contribution in [0.15, 0.2) is 103 Å². The van der Waals surface area contributed by atoms with Gasteiger partial charge >= 0.3 is 0 Å². The Bertz CT molecular complexity index is 1480. The quantitative estimate of drug-likeness (QED) is 0.194. The lowest BCUT2D eigenvalue weighted by molar-refractivity contribution is 0.795. The van der Waals surface area contributed by atoms with E-state index >= 15 is 0 Å². The van der Waals surface area contributed by atoms with Crippen LogP contribution in [0.5, 0.6) is 0 Å². The van der Waals surface area contributed by atoms with Gasteiger partial charge in [0.1, 0.15) is 0 Å². The lowest BCUT2D eigenvalue weighted by atomic mass is 9.91. The molecule has 1 nitrogen and oxygen atoms in total. The minimum absolute atomic E-state index is 1.05. The molecule has 4 aromatic carbocycles. The summed E-state index contributed by atoms with van der Waals surface area (Å²) in [6, 6.07) is 35.7. The zero-order chi connectivity index (χ0) is 25.5. The summed E-state index contributed by atoms with van der Waals surface area (Å²) in [7, 11) is 0. The van der Waals surface area contributed by atoms with E-state index in [9.17, 15) is 0 Å². The van der Waals surface area contributed by atoms with Crippen molar-refractivity contribution < 1.29 is 0 Å². The number of nitrogens with zero attached hydrogens (tertiary/aromatic N) is 1. The van der Waals surface area contributed by atoms with Gasteiger partial charge in [-0.25, -0.2) is 0 Å². The summed E-state index contributed by atoms with van der Waals surface area (Å²) in [6.45, 7) is 4.35. The zero-order valence-corrected chi connectivity index (χ0v) is 22.2. The van der Waals surface area contributed by atoms with Crippen LogP contribution in [0, 0.1) is 13.8 Å². The second-order valence-electron chi connectivity index (χ2n) is 10.4. The zero-order valence-electron chi connectivity index (χ0n) is 22.2. The molecule has 0 saturated carbocycles.